The minimum Gasteiger partial charge on any atom is -0.493 e. The number of rotatable bonds is 13. The van der Waals surface area contributed by atoms with E-state index in [-0.39, 0.29) is 0 Å². The largest absolute Gasteiger partial charge is 0.493 e. The lowest BCUT2D eigenvalue weighted by molar-refractivity contribution is 0.174. The number of benzene rings is 2. The normalized spacial score (nSPS) is 15.5. The van der Waals surface area contributed by atoms with Crippen molar-refractivity contribution < 1.29 is 17.9 Å². The van der Waals surface area contributed by atoms with Gasteiger partial charge in [0.05, 0.1) is 23.2 Å². The Morgan fingerprint density at radius 1 is 0.971 bits per heavy atom. The summed E-state index contributed by atoms with van der Waals surface area (Å²) in [6, 6.07) is 13.1. The first-order chi connectivity index (χ1) is 16.9. The minimum atomic E-state index is -3.44. The molecule has 0 aromatic heterocycles. The van der Waals surface area contributed by atoms with Crippen molar-refractivity contribution in [2.24, 2.45) is 0 Å². The summed E-state index contributed by atoms with van der Waals surface area (Å²) in [6.45, 7) is 8.27. The van der Waals surface area contributed by atoms with Crippen molar-refractivity contribution in [3.05, 3.63) is 52.5 Å². The summed E-state index contributed by atoms with van der Waals surface area (Å²) in [7, 11) is -1.76. The monoisotopic (exact) mass is 602 g/mol. The van der Waals surface area contributed by atoms with E-state index in [4.69, 9.17) is 9.47 Å². The SMILES string of the molecule is CCSC(SCC)c1ccc(OCCCN2CCN(S(=O)(=O)c3ccc(Br)cc3)CC2)c(OC)c1. The molecule has 6 nitrogen and oxygen atoms in total. The Hall–Kier alpha value is -0.910. The number of sulfonamides is 1. The predicted octanol–water partition coefficient (Wildman–Crippen LogP) is 5.74. The molecule has 10 heteroatoms. The van der Waals surface area contributed by atoms with Crippen LogP contribution in [0.1, 0.15) is 30.4 Å². The molecular weight excluding hydrogens is 568 g/mol. The Kier molecular flexibility index (Phi) is 11.6. The summed E-state index contributed by atoms with van der Waals surface area (Å²) in [6.07, 6.45) is 0.865. The van der Waals surface area contributed by atoms with E-state index in [1.54, 1.807) is 35.7 Å². The minimum absolute atomic E-state index is 0.343. The number of thioether (sulfide) groups is 2. The van der Waals surface area contributed by atoms with Gasteiger partial charge in [0, 0.05) is 37.2 Å². The Morgan fingerprint density at radius 2 is 1.63 bits per heavy atom. The smallest absolute Gasteiger partial charge is 0.243 e. The van der Waals surface area contributed by atoms with E-state index in [1.807, 2.05) is 29.6 Å². The Morgan fingerprint density at radius 3 is 2.23 bits per heavy atom. The van der Waals surface area contributed by atoms with Crippen LogP contribution in [-0.4, -0.2) is 75.6 Å². The van der Waals surface area contributed by atoms with E-state index in [0.29, 0.717) is 29.2 Å². The molecule has 1 aliphatic heterocycles. The molecule has 1 fully saturated rings. The highest BCUT2D eigenvalue weighted by Crippen LogP contribution is 2.42. The van der Waals surface area contributed by atoms with Gasteiger partial charge in [-0.2, -0.15) is 4.31 Å². The molecule has 0 spiro atoms. The molecule has 0 unspecified atom stereocenters. The molecule has 3 rings (SSSR count). The van der Waals surface area contributed by atoms with Crippen LogP contribution < -0.4 is 9.47 Å². The molecule has 194 valence electrons. The lowest BCUT2D eigenvalue weighted by Gasteiger charge is -2.34. The molecule has 0 aliphatic carbocycles. The third-order valence-electron chi connectivity index (χ3n) is 5.75. The fourth-order valence-electron chi connectivity index (χ4n) is 3.91. The lowest BCUT2D eigenvalue weighted by atomic mass is 10.2. The Balaban J connectivity index is 1.45. The maximum absolute atomic E-state index is 12.9. The van der Waals surface area contributed by atoms with Gasteiger partial charge < -0.3 is 14.4 Å². The molecule has 0 bridgehead atoms. The standard InChI is InChI=1S/C25H35BrN2O4S3/c1-4-33-25(34-5-2)20-7-12-23(24(19-20)31-3)32-18-6-13-27-14-16-28(17-15-27)35(29,30)22-10-8-21(26)9-11-22/h7-12,19,25H,4-6,13-18H2,1-3H3. The summed E-state index contributed by atoms with van der Waals surface area (Å²) < 4.78 is 40.3. The highest BCUT2D eigenvalue weighted by molar-refractivity contribution is 9.10. The molecule has 0 amide bonds. The molecule has 1 heterocycles. The second-order valence-corrected chi connectivity index (χ2v) is 14.0. The number of methoxy groups -OCH3 is 1. The van der Waals surface area contributed by atoms with E-state index in [2.05, 4.69) is 46.8 Å². The third-order valence-corrected chi connectivity index (χ3v) is 10.8. The van der Waals surface area contributed by atoms with Crippen LogP contribution in [0.5, 0.6) is 11.5 Å². The number of piperazine rings is 1. The van der Waals surface area contributed by atoms with Crippen molar-refractivity contribution in [1.29, 1.82) is 0 Å². The van der Waals surface area contributed by atoms with Gasteiger partial charge >= 0.3 is 0 Å². The van der Waals surface area contributed by atoms with Crippen LogP contribution in [0.2, 0.25) is 0 Å². The van der Waals surface area contributed by atoms with Crippen LogP contribution in [0, 0.1) is 0 Å². The number of ether oxygens (including phenoxy) is 2. The van der Waals surface area contributed by atoms with E-state index in [1.165, 1.54) is 5.56 Å². The van der Waals surface area contributed by atoms with Gasteiger partial charge in [0.25, 0.3) is 0 Å². The molecule has 1 saturated heterocycles. The quantitative estimate of drug-likeness (QED) is 0.214. The van der Waals surface area contributed by atoms with Crippen molar-refractivity contribution in [1.82, 2.24) is 9.21 Å². The molecule has 2 aromatic rings. The van der Waals surface area contributed by atoms with Crippen molar-refractivity contribution in [2.75, 3.05) is 57.9 Å². The van der Waals surface area contributed by atoms with Crippen LogP contribution in [-0.2, 0) is 10.0 Å². The van der Waals surface area contributed by atoms with Gasteiger partial charge in [-0.15, -0.1) is 23.5 Å². The van der Waals surface area contributed by atoms with E-state index >= 15 is 0 Å². The fourth-order valence-corrected chi connectivity index (χ4v) is 8.08. The zero-order chi connectivity index (χ0) is 25.3. The summed E-state index contributed by atoms with van der Waals surface area (Å²) in [5.74, 6) is 3.68. The average Bonchev–Trinajstić information content (AvgIpc) is 2.87. The van der Waals surface area contributed by atoms with E-state index in [9.17, 15) is 8.42 Å². The fraction of sp³-hybridized carbons (Fsp3) is 0.520. The van der Waals surface area contributed by atoms with Gasteiger partial charge in [0.1, 0.15) is 0 Å². The molecular formula is C25H35BrN2O4S3. The van der Waals surface area contributed by atoms with Crippen LogP contribution in [0.25, 0.3) is 0 Å². The first-order valence-corrected chi connectivity index (χ1v) is 16.2. The third kappa shape index (κ3) is 8.04. The van der Waals surface area contributed by atoms with E-state index < -0.39 is 10.0 Å². The molecule has 2 aromatic carbocycles. The predicted molar refractivity (Wildman–Crippen MR) is 151 cm³/mol. The van der Waals surface area contributed by atoms with Gasteiger partial charge in [-0.25, -0.2) is 8.42 Å². The van der Waals surface area contributed by atoms with Gasteiger partial charge in [-0.05, 0) is 59.9 Å². The second kappa shape index (κ2) is 14.1. The Bertz CT molecular complexity index is 1020. The van der Waals surface area contributed by atoms with Crippen molar-refractivity contribution in [2.45, 2.75) is 29.7 Å². The lowest BCUT2D eigenvalue weighted by Crippen LogP contribution is -2.48. The van der Waals surface area contributed by atoms with Crippen molar-refractivity contribution in [3.8, 4) is 11.5 Å². The zero-order valence-electron chi connectivity index (χ0n) is 20.6. The molecule has 0 radical (unpaired) electrons. The van der Waals surface area contributed by atoms with Crippen LogP contribution >= 0.6 is 39.5 Å². The summed E-state index contributed by atoms with van der Waals surface area (Å²) in [5.41, 5.74) is 1.25. The average molecular weight is 604 g/mol. The van der Waals surface area contributed by atoms with Gasteiger partial charge in [-0.1, -0.05) is 35.8 Å². The first-order valence-electron chi connectivity index (χ1n) is 11.9. The molecule has 1 aliphatic rings. The highest BCUT2D eigenvalue weighted by atomic mass is 79.9. The number of halogens is 1. The van der Waals surface area contributed by atoms with Gasteiger partial charge in [0.2, 0.25) is 10.0 Å². The molecule has 35 heavy (non-hydrogen) atoms. The van der Waals surface area contributed by atoms with Gasteiger partial charge in [0.15, 0.2) is 11.5 Å². The maximum atomic E-state index is 12.9. The number of nitrogens with zero attached hydrogens (tertiary/aromatic N) is 2. The summed E-state index contributed by atoms with van der Waals surface area (Å²) >= 11 is 7.23. The second-order valence-electron chi connectivity index (χ2n) is 8.05. The number of hydrogen-bond acceptors (Lipinski definition) is 7. The summed E-state index contributed by atoms with van der Waals surface area (Å²) in [4.78, 5) is 2.64. The van der Waals surface area contributed by atoms with Crippen LogP contribution in [0.15, 0.2) is 51.8 Å². The highest BCUT2D eigenvalue weighted by Gasteiger charge is 2.28. The maximum Gasteiger partial charge on any atom is 0.243 e. The number of hydrogen-bond donors (Lipinski definition) is 0. The Labute approximate surface area is 227 Å². The topological polar surface area (TPSA) is 59.1 Å². The summed E-state index contributed by atoms with van der Waals surface area (Å²) in [5, 5.41) is 0. The van der Waals surface area contributed by atoms with Crippen LogP contribution in [0.3, 0.4) is 0 Å². The first kappa shape index (κ1) is 28.7. The van der Waals surface area contributed by atoms with Gasteiger partial charge in [-0.3, -0.25) is 0 Å². The van der Waals surface area contributed by atoms with Crippen molar-refractivity contribution in [3.63, 3.8) is 0 Å². The van der Waals surface area contributed by atoms with Crippen molar-refractivity contribution >= 4 is 49.5 Å². The molecule has 0 saturated carbocycles. The molecule has 0 atom stereocenters. The van der Waals surface area contributed by atoms with Crippen LogP contribution in [0.4, 0.5) is 0 Å². The zero-order valence-corrected chi connectivity index (χ0v) is 24.6. The van der Waals surface area contributed by atoms with E-state index in [0.717, 1.165) is 53.5 Å². The molecule has 0 N–H and O–H groups in total.